The lowest BCUT2D eigenvalue weighted by Crippen LogP contribution is -2.30. The zero-order valence-electron chi connectivity index (χ0n) is 16.9. The zero-order chi connectivity index (χ0) is 19.1. The van der Waals surface area contributed by atoms with Crippen molar-refractivity contribution in [1.82, 2.24) is 9.80 Å². The SMILES string of the molecule is O=C(CCN1CC1)OC[C@@H]1C[C@@H]2[C@H]3CC[C@@H](C3)[C@H]2[C@@H]1COC(=O)CCN1CC1. The maximum atomic E-state index is 12.2. The Morgan fingerprint density at radius 1 is 0.786 bits per heavy atom. The minimum absolute atomic E-state index is 0.0623. The summed E-state index contributed by atoms with van der Waals surface area (Å²) in [5.41, 5.74) is 0. The molecule has 6 nitrogen and oxygen atoms in total. The van der Waals surface area contributed by atoms with Gasteiger partial charge in [-0.05, 0) is 55.3 Å². The molecule has 5 aliphatic rings. The molecule has 0 N–H and O–H groups in total. The first-order chi connectivity index (χ1) is 13.7. The number of nitrogens with zero attached hydrogens (tertiary/aromatic N) is 2. The summed E-state index contributed by atoms with van der Waals surface area (Å²) in [7, 11) is 0. The first-order valence-corrected chi connectivity index (χ1v) is 11.4. The zero-order valence-corrected chi connectivity index (χ0v) is 16.9. The van der Waals surface area contributed by atoms with Gasteiger partial charge in [-0.25, -0.2) is 0 Å². The van der Waals surface area contributed by atoms with E-state index in [2.05, 4.69) is 9.80 Å². The van der Waals surface area contributed by atoms with Crippen LogP contribution in [0.15, 0.2) is 0 Å². The molecule has 2 saturated heterocycles. The quantitative estimate of drug-likeness (QED) is 0.419. The summed E-state index contributed by atoms with van der Waals surface area (Å²) in [5.74, 6) is 3.73. The number of esters is 2. The van der Waals surface area contributed by atoms with Gasteiger partial charge in [-0.2, -0.15) is 0 Å². The lowest BCUT2D eigenvalue weighted by atomic mass is 9.77. The first-order valence-electron chi connectivity index (χ1n) is 11.4. The summed E-state index contributed by atoms with van der Waals surface area (Å²) in [4.78, 5) is 28.8. The first kappa shape index (κ1) is 18.9. The van der Waals surface area contributed by atoms with Crippen molar-refractivity contribution in [3.63, 3.8) is 0 Å². The molecule has 2 bridgehead atoms. The highest BCUT2D eigenvalue weighted by atomic mass is 16.5. The van der Waals surface area contributed by atoms with Crippen LogP contribution in [0, 0.1) is 35.5 Å². The summed E-state index contributed by atoms with van der Waals surface area (Å²) in [6, 6.07) is 0. The van der Waals surface area contributed by atoms with Crippen molar-refractivity contribution in [2.24, 2.45) is 35.5 Å². The molecule has 2 aliphatic heterocycles. The molecular formula is C22H34N2O4. The summed E-state index contributed by atoms with van der Waals surface area (Å²) >= 11 is 0. The largest absolute Gasteiger partial charge is 0.465 e. The normalized spacial score (nSPS) is 38.4. The minimum Gasteiger partial charge on any atom is -0.465 e. The lowest BCUT2D eigenvalue weighted by molar-refractivity contribution is -0.150. The van der Waals surface area contributed by atoms with Crippen LogP contribution in [-0.4, -0.2) is 74.2 Å². The second-order valence-corrected chi connectivity index (χ2v) is 9.78. The van der Waals surface area contributed by atoms with Gasteiger partial charge in [0.1, 0.15) is 0 Å². The van der Waals surface area contributed by atoms with E-state index in [0.29, 0.717) is 43.8 Å². The third kappa shape index (κ3) is 4.23. The summed E-state index contributed by atoms with van der Waals surface area (Å²) in [6.07, 6.45) is 6.24. The standard InChI is InChI=1S/C22H34N2O4/c25-20(3-5-23-7-8-23)27-13-17-12-18-15-1-2-16(11-15)22(18)19(17)14-28-21(26)4-6-24-9-10-24/h15-19,22H,1-14H2/t15-,16-,17-,18+,19+,22+/m0/s1. The Morgan fingerprint density at radius 2 is 1.39 bits per heavy atom. The van der Waals surface area contributed by atoms with Crippen LogP contribution in [0.2, 0.25) is 0 Å². The second kappa shape index (κ2) is 7.94. The van der Waals surface area contributed by atoms with Gasteiger partial charge < -0.3 is 19.3 Å². The molecule has 156 valence electrons. The van der Waals surface area contributed by atoms with E-state index in [-0.39, 0.29) is 11.9 Å². The number of carbonyl (C=O) groups excluding carboxylic acids is 2. The van der Waals surface area contributed by atoms with E-state index in [9.17, 15) is 9.59 Å². The minimum atomic E-state index is -0.0684. The average molecular weight is 391 g/mol. The maximum Gasteiger partial charge on any atom is 0.307 e. The summed E-state index contributed by atoms with van der Waals surface area (Å²) in [5, 5.41) is 0. The second-order valence-electron chi connectivity index (χ2n) is 9.78. The van der Waals surface area contributed by atoms with Crippen LogP contribution < -0.4 is 0 Å². The van der Waals surface area contributed by atoms with Crippen LogP contribution in [0.25, 0.3) is 0 Å². The Labute approximate surface area is 167 Å². The molecule has 0 aromatic heterocycles. The predicted molar refractivity (Wildman–Crippen MR) is 103 cm³/mol. The van der Waals surface area contributed by atoms with Gasteiger partial charge >= 0.3 is 11.9 Å². The van der Waals surface area contributed by atoms with Crippen molar-refractivity contribution in [2.45, 2.75) is 38.5 Å². The third-order valence-corrected chi connectivity index (χ3v) is 8.07. The maximum absolute atomic E-state index is 12.2. The Morgan fingerprint density at radius 3 is 2.04 bits per heavy atom. The van der Waals surface area contributed by atoms with Crippen LogP contribution in [-0.2, 0) is 19.1 Å². The van der Waals surface area contributed by atoms with Gasteiger partial charge in [0.05, 0.1) is 26.1 Å². The molecule has 3 saturated carbocycles. The Bertz CT molecular complexity index is 603. The Hall–Kier alpha value is -1.14. The number of carbonyl (C=O) groups is 2. The molecule has 28 heavy (non-hydrogen) atoms. The number of fused-ring (bicyclic) bond motifs is 5. The van der Waals surface area contributed by atoms with Crippen molar-refractivity contribution >= 4 is 11.9 Å². The van der Waals surface area contributed by atoms with Crippen molar-refractivity contribution in [3.05, 3.63) is 0 Å². The Balaban J connectivity index is 1.14. The smallest absolute Gasteiger partial charge is 0.307 e. The Kier molecular flexibility index (Phi) is 5.35. The fourth-order valence-electron chi connectivity index (χ4n) is 6.37. The molecule has 0 radical (unpaired) electrons. The molecule has 5 rings (SSSR count). The molecule has 3 aliphatic carbocycles. The van der Waals surface area contributed by atoms with Crippen molar-refractivity contribution in [3.8, 4) is 0 Å². The van der Waals surface area contributed by atoms with E-state index < -0.39 is 0 Å². The van der Waals surface area contributed by atoms with Gasteiger partial charge in [0, 0.05) is 45.2 Å². The topological polar surface area (TPSA) is 58.6 Å². The van der Waals surface area contributed by atoms with Crippen LogP contribution in [0.4, 0.5) is 0 Å². The molecule has 0 amide bonds. The molecule has 2 heterocycles. The van der Waals surface area contributed by atoms with Crippen molar-refractivity contribution in [1.29, 1.82) is 0 Å². The number of ether oxygens (including phenoxy) is 2. The molecule has 0 spiro atoms. The van der Waals surface area contributed by atoms with E-state index >= 15 is 0 Å². The number of hydrogen-bond donors (Lipinski definition) is 0. The van der Waals surface area contributed by atoms with Crippen LogP contribution >= 0.6 is 0 Å². The predicted octanol–water partition coefficient (Wildman–Crippen LogP) is 1.78. The van der Waals surface area contributed by atoms with Gasteiger partial charge in [-0.3, -0.25) is 9.59 Å². The fourth-order valence-corrected chi connectivity index (χ4v) is 6.37. The summed E-state index contributed by atoms with van der Waals surface area (Å²) in [6.45, 7) is 7.18. The van der Waals surface area contributed by atoms with Gasteiger partial charge in [-0.15, -0.1) is 0 Å². The molecule has 5 fully saturated rings. The van der Waals surface area contributed by atoms with Gasteiger partial charge in [-0.1, -0.05) is 0 Å². The molecule has 0 aromatic rings. The third-order valence-electron chi connectivity index (χ3n) is 8.07. The van der Waals surface area contributed by atoms with Gasteiger partial charge in [0.2, 0.25) is 0 Å². The van der Waals surface area contributed by atoms with Gasteiger partial charge in [0.25, 0.3) is 0 Å². The molecule has 0 aromatic carbocycles. The van der Waals surface area contributed by atoms with E-state index in [1.807, 2.05) is 0 Å². The van der Waals surface area contributed by atoms with Crippen LogP contribution in [0.3, 0.4) is 0 Å². The fraction of sp³-hybridized carbons (Fsp3) is 0.909. The number of hydrogen-bond acceptors (Lipinski definition) is 6. The summed E-state index contributed by atoms with van der Waals surface area (Å²) < 4.78 is 11.4. The monoisotopic (exact) mass is 390 g/mol. The van der Waals surface area contributed by atoms with E-state index in [1.165, 1.54) is 19.3 Å². The van der Waals surface area contributed by atoms with E-state index in [0.717, 1.165) is 63.4 Å². The van der Waals surface area contributed by atoms with Gasteiger partial charge in [0.15, 0.2) is 0 Å². The molecule has 6 atom stereocenters. The highest BCUT2D eigenvalue weighted by Gasteiger charge is 2.57. The van der Waals surface area contributed by atoms with Crippen LogP contribution in [0.1, 0.15) is 38.5 Å². The van der Waals surface area contributed by atoms with Crippen molar-refractivity contribution in [2.75, 3.05) is 52.5 Å². The highest BCUT2D eigenvalue weighted by Crippen LogP contribution is 2.62. The average Bonchev–Trinajstić information content (AvgIpc) is 3.59. The van der Waals surface area contributed by atoms with Crippen molar-refractivity contribution < 1.29 is 19.1 Å². The van der Waals surface area contributed by atoms with E-state index in [4.69, 9.17) is 9.47 Å². The molecule has 0 unspecified atom stereocenters. The molecule has 6 heteroatoms. The number of rotatable bonds is 10. The molecular weight excluding hydrogens is 356 g/mol. The van der Waals surface area contributed by atoms with Crippen LogP contribution in [0.5, 0.6) is 0 Å². The van der Waals surface area contributed by atoms with E-state index in [1.54, 1.807) is 0 Å². The lowest BCUT2D eigenvalue weighted by Gasteiger charge is -2.30. The highest BCUT2D eigenvalue weighted by molar-refractivity contribution is 5.70.